The number of nitro groups is 1. The van der Waals surface area contributed by atoms with Gasteiger partial charge in [0.1, 0.15) is 17.1 Å². The summed E-state index contributed by atoms with van der Waals surface area (Å²) in [5.74, 6) is -11.3. The number of rotatable bonds is 4. The summed E-state index contributed by atoms with van der Waals surface area (Å²) in [6.45, 7) is 0. The first-order valence-corrected chi connectivity index (χ1v) is 6.61. The van der Waals surface area contributed by atoms with Gasteiger partial charge in [-0.1, -0.05) is 0 Å². The Morgan fingerprint density at radius 3 is 2.04 bits per heavy atom. The van der Waals surface area contributed by atoms with Crippen molar-refractivity contribution in [2.75, 3.05) is 5.43 Å². The van der Waals surface area contributed by atoms with Crippen LogP contribution in [0, 0.1) is 39.2 Å². The summed E-state index contributed by atoms with van der Waals surface area (Å²) in [5, 5.41) is 13.6. The second kappa shape index (κ2) is 7.17. The number of anilines is 1. The molecule has 0 aromatic heterocycles. The van der Waals surface area contributed by atoms with Crippen molar-refractivity contribution in [3.63, 3.8) is 0 Å². The molecule has 0 aliphatic rings. The molecule has 2 aromatic rings. The number of nitro benzene ring substituents is 1. The first-order valence-electron chi connectivity index (χ1n) is 6.61. The Morgan fingerprint density at radius 1 is 1.00 bits per heavy atom. The molecule has 0 saturated carbocycles. The second-order valence-corrected chi connectivity index (χ2v) is 4.84. The fourth-order valence-electron chi connectivity index (χ4n) is 1.89. The number of benzene rings is 2. The molecule has 0 radical (unpaired) electrons. The predicted molar refractivity (Wildman–Crippen MR) is 75.5 cm³/mol. The van der Waals surface area contributed by atoms with Crippen LogP contribution in [0.25, 0.3) is 0 Å². The lowest BCUT2D eigenvalue weighted by molar-refractivity contribution is -0.384. The van der Waals surface area contributed by atoms with E-state index in [0.29, 0.717) is 18.3 Å². The molecule has 0 bridgehead atoms. The lowest BCUT2D eigenvalue weighted by atomic mass is 10.1. The van der Waals surface area contributed by atoms with Crippen molar-refractivity contribution in [3.05, 3.63) is 68.5 Å². The highest BCUT2D eigenvalue weighted by molar-refractivity contribution is 5.81. The Labute approximate surface area is 144 Å². The molecular formula is C14H5F8N3O2. The Balaban J connectivity index is 2.41. The minimum atomic E-state index is -5.70. The highest BCUT2D eigenvalue weighted by Gasteiger charge is 2.42. The molecular weight excluding hydrogens is 394 g/mol. The monoisotopic (exact) mass is 399 g/mol. The van der Waals surface area contributed by atoms with E-state index in [-0.39, 0.29) is 0 Å². The third kappa shape index (κ3) is 3.96. The summed E-state index contributed by atoms with van der Waals surface area (Å²) in [7, 11) is 0. The zero-order valence-corrected chi connectivity index (χ0v) is 12.5. The highest BCUT2D eigenvalue weighted by Crippen LogP contribution is 2.38. The summed E-state index contributed by atoms with van der Waals surface area (Å²) < 4.78 is 105. The van der Waals surface area contributed by atoms with Gasteiger partial charge in [0.25, 0.3) is 5.69 Å². The van der Waals surface area contributed by atoms with Gasteiger partial charge in [0.05, 0.1) is 11.1 Å². The summed E-state index contributed by atoms with van der Waals surface area (Å²) in [6, 6.07) is 2.17. The number of alkyl halides is 3. The molecule has 0 atom stereocenters. The van der Waals surface area contributed by atoms with Crippen molar-refractivity contribution >= 4 is 17.6 Å². The van der Waals surface area contributed by atoms with Crippen LogP contribution < -0.4 is 5.43 Å². The fourth-order valence-corrected chi connectivity index (χ4v) is 1.89. The van der Waals surface area contributed by atoms with E-state index >= 15 is 0 Å². The molecule has 27 heavy (non-hydrogen) atoms. The van der Waals surface area contributed by atoms with E-state index in [9.17, 15) is 45.2 Å². The molecule has 13 heteroatoms. The molecule has 144 valence electrons. The molecule has 0 aliphatic heterocycles. The quantitative estimate of drug-likeness (QED) is 0.265. The lowest BCUT2D eigenvalue weighted by Crippen LogP contribution is -2.16. The Bertz CT molecular complexity index is 914. The van der Waals surface area contributed by atoms with Gasteiger partial charge < -0.3 is 0 Å². The third-order valence-electron chi connectivity index (χ3n) is 3.12. The molecule has 2 aromatic carbocycles. The average Bonchev–Trinajstić information content (AvgIpc) is 2.56. The zero-order valence-electron chi connectivity index (χ0n) is 12.5. The summed E-state index contributed by atoms with van der Waals surface area (Å²) >= 11 is 0. The molecule has 5 nitrogen and oxygen atoms in total. The van der Waals surface area contributed by atoms with Crippen LogP contribution in [-0.4, -0.2) is 11.1 Å². The Hall–Kier alpha value is -3.25. The van der Waals surface area contributed by atoms with E-state index in [1.165, 1.54) is 5.43 Å². The average molecular weight is 399 g/mol. The maximum absolute atomic E-state index is 13.6. The molecule has 0 spiro atoms. The smallest absolute Gasteiger partial charge is 0.272 e. The molecule has 0 amide bonds. The lowest BCUT2D eigenvalue weighted by Gasteiger charge is -2.13. The summed E-state index contributed by atoms with van der Waals surface area (Å²) in [4.78, 5) is 9.70. The van der Waals surface area contributed by atoms with Crippen LogP contribution in [0.5, 0.6) is 0 Å². The van der Waals surface area contributed by atoms with Gasteiger partial charge in [0.15, 0.2) is 23.3 Å². The van der Waals surface area contributed by atoms with E-state index in [2.05, 4.69) is 5.10 Å². The Morgan fingerprint density at radius 2 is 1.56 bits per heavy atom. The summed E-state index contributed by atoms with van der Waals surface area (Å²) in [6.07, 6.45) is -5.24. The molecule has 0 heterocycles. The number of hydrogen-bond acceptors (Lipinski definition) is 4. The number of nitrogens with one attached hydrogen (secondary N) is 1. The van der Waals surface area contributed by atoms with Crippen LogP contribution in [0.3, 0.4) is 0 Å². The van der Waals surface area contributed by atoms with Crippen LogP contribution in [-0.2, 0) is 6.18 Å². The number of non-ortho nitro benzene ring substituents is 1. The summed E-state index contributed by atoms with van der Waals surface area (Å²) in [5.41, 5.74) is -4.19. The second-order valence-electron chi connectivity index (χ2n) is 4.84. The SMILES string of the molecule is O=[N+]([O-])c1ccc(F)c(/C=N/Nc2c(F)c(F)c(C(F)(F)F)c(F)c2F)c1. The predicted octanol–water partition coefficient (Wildman–Crippen LogP) is 4.76. The minimum Gasteiger partial charge on any atom is -0.272 e. The van der Waals surface area contributed by atoms with Gasteiger partial charge in [-0.3, -0.25) is 15.5 Å². The zero-order chi connectivity index (χ0) is 20.5. The van der Waals surface area contributed by atoms with Crippen molar-refractivity contribution in [1.82, 2.24) is 0 Å². The van der Waals surface area contributed by atoms with Crippen LogP contribution in [0.4, 0.5) is 46.5 Å². The van der Waals surface area contributed by atoms with Crippen LogP contribution in [0.15, 0.2) is 23.3 Å². The first kappa shape index (κ1) is 20.1. The van der Waals surface area contributed by atoms with E-state index in [1.54, 1.807) is 0 Å². The number of halogens is 8. The highest BCUT2D eigenvalue weighted by atomic mass is 19.4. The van der Waals surface area contributed by atoms with Crippen molar-refractivity contribution in [2.45, 2.75) is 6.18 Å². The molecule has 1 N–H and O–H groups in total. The number of nitrogens with zero attached hydrogens (tertiary/aromatic N) is 2. The van der Waals surface area contributed by atoms with Gasteiger partial charge in [0.2, 0.25) is 0 Å². The maximum Gasteiger partial charge on any atom is 0.422 e. The Kier molecular flexibility index (Phi) is 5.33. The maximum atomic E-state index is 13.6. The van der Waals surface area contributed by atoms with Gasteiger partial charge in [0, 0.05) is 17.7 Å². The largest absolute Gasteiger partial charge is 0.422 e. The van der Waals surface area contributed by atoms with Crippen LogP contribution in [0.2, 0.25) is 0 Å². The minimum absolute atomic E-state index is 0.467. The standard InChI is InChI=1S/C14H5F8N3O2/c15-7-2-1-6(25(26)27)3-5(7)4-23-24-13-11(18)9(16)8(14(20,21)22)10(17)12(13)19/h1-4,24H/b23-4+. The fraction of sp³-hybridized carbons (Fsp3) is 0.0714. The van der Waals surface area contributed by atoms with E-state index in [1.807, 2.05) is 0 Å². The van der Waals surface area contributed by atoms with Crippen LogP contribution in [0.1, 0.15) is 11.1 Å². The van der Waals surface area contributed by atoms with E-state index in [4.69, 9.17) is 0 Å². The van der Waals surface area contributed by atoms with Gasteiger partial charge in [-0.25, -0.2) is 22.0 Å². The molecule has 0 unspecified atom stereocenters. The van der Waals surface area contributed by atoms with Gasteiger partial charge >= 0.3 is 6.18 Å². The van der Waals surface area contributed by atoms with Gasteiger partial charge in [-0.2, -0.15) is 18.3 Å². The van der Waals surface area contributed by atoms with Crippen molar-refractivity contribution in [3.8, 4) is 0 Å². The van der Waals surface area contributed by atoms with Crippen molar-refractivity contribution < 1.29 is 40.0 Å². The number of hydrazone groups is 1. The third-order valence-corrected chi connectivity index (χ3v) is 3.12. The first-order chi connectivity index (χ1) is 12.4. The molecule has 0 saturated heterocycles. The molecule has 2 rings (SSSR count). The van der Waals surface area contributed by atoms with Gasteiger partial charge in [-0.15, -0.1) is 0 Å². The van der Waals surface area contributed by atoms with E-state index < -0.39 is 62.7 Å². The molecule has 0 fully saturated rings. The normalized spacial score (nSPS) is 11.9. The van der Waals surface area contributed by atoms with Crippen molar-refractivity contribution in [1.29, 1.82) is 0 Å². The topological polar surface area (TPSA) is 67.5 Å². The number of hydrogen-bond donors (Lipinski definition) is 1. The van der Waals surface area contributed by atoms with E-state index in [0.717, 1.165) is 6.07 Å². The van der Waals surface area contributed by atoms with Crippen molar-refractivity contribution in [2.24, 2.45) is 5.10 Å². The van der Waals surface area contributed by atoms with Gasteiger partial charge in [-0.05, 0) is 6.07 Å². The molecule has 0 aliphatic carbocycles. The van der Waals surface area contributed by atoms with Crippen LogP contribution >= 0.6 is 0 Å².